The summed E-state index contributed by atoms with van der Waals surface area (Å²) in [4.78, 5) is 37.8. The van der Waals surface area contributed by atoms with Gasteiger partial charge in [0.2, 0.25) is 0 Å². The monoisotopic (exact) mass is 500 g/mol. The molecule has 0 N–H and O–H groups in total. The van der Waals surface area contributed by atoms with Crippen molar-refractivity contribution >= 4 is 37.3 Å². The van der Waals surface area contributed by atoms with Crippen LogP contribution in [0.15, 0.2) is 11.5 Å². The van der Waals surface area contributed by atoms with Crippen molar-refractivity contribution in [2.75, 3.05) is 40.4 Å². The average Bonchev–Trinajstić information content (AvgIpc) is 3.10. The van der Waals surface area contributed by atoms with Crippen LogP contribution in [0.25, 0.3) is 0 Å². The van der Waals surface area contributed by atoms with Gasteiger partial charge in [0.1, 0.15) is 0 Å². The van der Waals surface area contributed by atoms with Crippen molar-refractivity contribution in [1.82, 2.24) is 9.62 Å². The van der Waals surface area contributed by atoms with Crippen LogP contribution < -0.4 is 0 Å². The number of carbonyl (C=O) groups excluding carboxylic acids is 2. The van der Waals surface area contributed by atoms with Gasteiger partial charge in [-0.2, -0.15) is 0 Å². The van der Waals surface area contributed by atoms with Crippen molar-refractivity contribution in [3.8, 4) is 0 Å². The molecule has 1 saturated heterocycles. The molecule has 0 aromatic carbocycles. The summed E-state index contributed by atoms with van der Waals surface area (Å²) in [6.07, 6.45) is 0.945. The van der Waals surface area contributed by atoms with Crippen molar-refractivity contribution in [2.45, 2.75) is 45.9 Å². The number of ether oxygens (including phenoxy) is 2. The summed E-state index contributed by atoms with van der Waals surface area (Å²) in [6, 6.07) is 0. The molecule has 158 valence electrons. The Morgan fingerprint density at radius 3 is 2.04 bits per heavy atom. The van der Waals surface area contributed by atoms with Gasteiger partial charge in [-0.05, 0) is 0 Å². The number of hydrogen-bond donors (Lipinski definition) is 0. The molecule has 0 radical (unpaired) electrons. The van der Waals surface area contributed by atoms with E-state index in [1.807, 2.05) is 0 Å². The van der Waals surface area contributed by atoms with E-state index in [0.29, 0.717) is 12.8 Å². The number of carbonyl (C=O) groups is 2. The molecule has 1 saturated carbocycles. The Morgan fingerprint density at radius 1 is 1.11 bits per heavy atom. The first-order valence-corrected chi connectivity index (χ1v) is 21.1. The minimum atomic E-state index is -2.16. The summed E-state index contributed by atoms with van der Waals surface area (Å²) in [5, 5.41) is 0. The summed E-state index contributed by atoms with van der Waals surface area (Å²) < 4.78 is 11.9. The zero-order valence-electron chi connectivity index (χ0n) is 18.7. The Morgan fingerprint density at radius 2 is 1.61 bits per heavy atom. The molecule has 0 bridgehead atoms. The molecular formula is C20H37BN2O4Sn. The topological polar surface area (TPSA) is 59.1 Å². The van der Waals surface area contributed by atoms with E-state index >= 15 is 0 Å². The molecule has 6 nitrogen and oxygen atoms in total. The van der Waals surface area contributed by atoms with Crippen LogP contribution in [-0.4, -0.2) is 87.3 Å². The maximum atomic E-state index is 13.0. The third-order valence-electron chi connectivity index (χ3n) is 5.89. The van der Waals surface area contributed by atoms with Gasteiger partial charge < -0.3 is 0 Å². The van der Waals surface area contributed by atoms with E-state index in [9.17, 15) is 9.59 Å². The molecule has 0 amide bonds. The third-order valence-corrected chi connectivity index (χ3v) is 10.8. The van der Waals surface area contributed by atoms with Gasteiger partial charge in [0.15, 0.2) is 0 Å². The second-order valence-corrected chi connectivity index (χ2v) is 25.3. The van der Waals surface area contributed by atoms with Gasteiger partial charge in [0, 0.05) is 0 Å². The number of hydrogen-bond acceptors (Lipinski definition) is 6. The zero-order chi connectivity index (χ0) is 21.1. The number of nitrogens with zero attached hydrogens (tertiary/aromatic N) is 2. The molecule has 0 aromatic rings. The van der Waals surface area contributed by atoms with E-state index in [-0.39, 0.29) is 26.1 Å². The molecule has 2 rings (SSSR count). The molecule has 0 aromatic heterocycles. The summed E-state index contributed by atoms with van der Waals surface area (Å²) in [5.74, 6) is 1.72. The molecule has 1 aliphatic heterocycles. The Labute approximate surface area is 175 Å². The Balaban J connectivity index is 2.43. The zero-order valence-corrected chi connectivity index (χ0v) is 21.6. The fourth-order valence-corrected chi connectivity index (χ4v) is 9.93. The summed E-state index contributed by atoms with van der Waals surface area (Å²) in [6.45, 7) is 6.38. The van der Waals surface area contributed by atoms with E-state index in [0.717, 1.165) is 17.5 Å². The normalized spacial score (nSPS) is 24.8. The predicted octanol–water partition coefficient (Wildman–Crippen LogP) is 2.68. The molecule has 2 aliphatic rings. The van der Waals surface area contributed by atoms with E-state index in [1.165, 1.54) is 5.57 Å². The van der Waals surface area contributed by atoms with Crippen LogP contribution >= 0.6 is 0 Å². The molecule has 0 spiro atoms. The van der Waals surface area contributed by atoms with Crippen molar-refractivity contribution in [3.63, 3.8) is 0 Å². The van der Waals surface area contributed by atoms with Crippen molar-refractivity contribution < 1.29 is 19.1 Å². The second-order valence-electron chi connectivity index (χ2n) is 9.48. The second kappa shape index (κ2) is 9.52. The van der Waals surface area contributed by atoms with Crippen LogP contribution in [0, 0.1) is 11.3 Å². The SMILES string of the molecule is CCOC(=O)C1(C(=O)OCC)CC(=CB2N(C)CCN2C)C([CH2][Sn]([CH3])([CH3])[CH3])C1. The molecular weight excluding hydrogens is 462 g/mol. The first kappa shape index (κ1) is 23.7. The summed E-state index contributed by atoms with van der Waals surface area (Å²) in [7, 11) is 4.25. The Kier molecular flexibility index (Phi) is 8.07. The summed E-state index contributed by atoms with van der Waals surface area (Å²) in [5.41, 5.74) is 0.0494. The summed E-state index contributed by atoms with van der Waals surface area (Å²) >= 11 is -2.16. The van der Waals surface area contributed by atoms with E-state index in [2.05, 4.69) is 44.5 Å². The average molecular weight is 499 g/mol. The molecule has 1 heterocycles. The number of likely N-dealkylation sites (N-methyl/N-ethyl adjacent to an activating group) is 2. The van der Waals surface area contributed by atoms with Crippen LogP contribution in [0.5, 0.6) is 0 Å². The van der Waals surface area contributed by atoms with Gasteiger partial charge >= 0.3 is 175 Å². The van der Waals surface area contributed by atoms with Crippen molar-refractivity contribution in [2.24, 2.45) is 11.3 Å². The molecule has 1 unspecified atom stereocenters. The first-order chi connectivity index (χ1) is 13.0. The number of allylic oxidation sites excluding steroid dienone is 1. The first-order valence-electron chi connectivity index (χ1n) is 10.5. The fraction of sp³-hybridized carbons (Fsp3) is 0.800. The Bertz CT molecular complexity index is 592. The third kappa shape index (κ3) is 5.33. The van der Waals surface area contributed by atoms with Crippen molar-refractivity contribution in [1.29, 1.82) is 0 Å². The van der Waals surface area contributed by atoms with Crippen LogP contribution in [0.1, 0.15) is 26.7 Å². The number of esters is 2. The van der Waals surface area contributed by atoms with Crippen LogP contribution in [0.2, 0.25) is 19.3 Å². The van der Waals surface area contributed by atoms with Crippen LogP contribution in [-0.2, 0) is 19.1 Å². The van der Waals surface area contributed by atoms with Gasteiger partial charge in [-0.1, -0.05) is 0 Å². The molecule has 2 fully saturated rings. The van der Waals surface area contributed by atoms with Gasteiger partial charge in [0.25, 0.3) is 0 Å². The molecule has 1 atom stereocenters. The van der Waals surface area contributed by atoms with Crippen molar-refractivity contribution in [3.05, 3.63) is 11.5 Å². The quantitative estimate of drug-likeness (QED) is 0.305. The van der Waals surface area contributed by atoms with E-state index < -0.39 is 35.7 Å². The van der Waals surface area contributed by atoms with Gasteiger partial charge in [-0.3, -0.25) is 0 Å². The fourth-order valence-electron chi connectivity index (χ4n) is 4.55. The predicted molar refractivity (Wildman–Crippen MR) is 116 cm³/mol. The van der Waals surface area contributed by atoms with Crippen LogP contribution in [0.3, 0.4) is 0 Å². The van der Waals surface area contributed by atoms with E-state index in [4.69, 9.17) is 9.47 Å². The molecule has 8 heteroatoms. The standard InChI is InChI=1S/C17H28BN2O4.3CH3.Sn/c1-6-23-15(21)17(16(22)24-7-2)10-13(3)14(11-17)12-18-19(4)8-9-20(18)5;;;;/h12-13H,3,6-11H2,1-2,4-5H3;3*1H3;. The maximum absolute atomic E-state index is 13.0. The van der Waals surface area contributed by atoms with Gasteiger partial charge in [-0.25, -0.2) is 0 Å². The van der Waals surface area contributed by atoms with Gasteiger partial charge in [-0.15, -0.1) is 0 Å². The van der Waals surface area contributed by atoms with E-state index in [1.54, 1.807) is 13.8 Å². The molecule has 1 aliphatic carbocycles. The van der Waals surface area contributed by atoms with Crippen LogP contribution in [0.4, 0.5) is 0 Å². The molecule has 28 heavy (non-hydrogen) atoms. The Hall–Kier alpha value is -0.536. The van der Waals surface area contributed by atoms with Gasteiger partial charge in [0.05, 0.1) is 0 Å². The minimum absolute atomic E-state index is 0.216. The number of rotatable bonds is 7.